The van der Waals surface area contributed by atoms with Gasteiger partial charge in [-0.15, -0.1) is 0 Å². The molecule has 2 aromatic rings. The van der Waals surface area contributed by atoms with Gasteiger partial charge in [0.2, 0.25) is 0 Å². The fourth-order valence-corrected chi connectivity index (χ4v) is 2.32. The number of aryl methyl sites for hydroxylation is 1. The Morgan fingerprint density at radius 2 is 2.00 bits per heavy atom. The second-order valence-electron chi connectivity index (χ2n) is 5.77. The van der Waals surface area contributed by atoms with E-state index in [1.54, 1.807) is 19.1 Å². The van der Waals surface area contributed by atoms with E-state index in [9.17, 15) is 20.3 Å². The standard InChI is InChI=1S/C18H20N2O4/c1-4-11(2)13-5-6-17(21)16(9-13)19-10-14-8-15(20(23)24)7-12(3)18(14)22/h5-11,21-22H,4H2,1-3H3/t11-/m0/s1. The Morgan fingerprint density at radius 3 is 2.62 bits per heavy atom. The number of phenols is 2. The average Bonchev–Trinajstić information content (AvgIpc) is 2.56. The Kier molecular flexibility index (Phi) is 5.18. The fraction of sp³-hybridized carbons (Fsp3) is 0.278. The number of benzene rings is 2. The molecule has 0 amide bonds. The van der Waals surface area contributed by atoms with Crippen molar-refractivity contribution in [2.45, 2.75) is 33.1 Å². The minimum absolute atomic E-state index is 0.0138. The quantitative estimate of drug-likeness (QED) is 0.477. The van der Waals surface area contributed by atoms with Crippen LogP contribution in [0.2, 0.25) is 0 Å². The monoisotopic (exact) mass is 328 g/mol. The molecular weight excluding hydrogens is 308 g/mol. The number of phenolic OH excluding ortho intramolecular Hbond substituents is 2. The van der Waals surface area contributed by atoms with Crippen LogP contribution in [-0.2, 0) is 0 Å². The van der Waals surface area contributed by atoms with Crippen molar-refractivity contribution in [1.29, 1.82) is 0 Å². The first-order valence-electron chi connectivity index (χ1n) is 7.68. The molecule has 1 atom stereocenters. The molecule has 2 N–H and O–H groups in total. The van der Waals surface area contributed by atoms with Crippen LogP contribution in [-0.4, -0.2) is 21.4 Å². The first kappa shape index (κ1) is 17.5. The summed E-state index contributed by atoms with van der Waals surface area (Å²) in [5.41, 5.74) is 1.90. The number of aromatic hydroxyl groups is 2. The van der Waals surface area contributed by atoms with E-state index in [0.29, 0.717) is 17.2 Å². The Bertz CT molecular complexity index is 800. The van der Waals surface area contributed by atoms with Crippen LogP contribution in [0.15, 0.2) is 35.3 Å². The van der Waals surface area contributed by atoms with Crippen LogP contribution < -0.4 is 0 Å². The molecule has 126 valence electrons. The number of nitro benzene ring substituents is 1. The smallest absolute Gasteiger partial charge is 0.270 e. The van der Waals surface area contributed by atoms with Crippen LogP contribution in [0.4, 0.5) is 11.4 Å². The highest BCUT2D eigenvalue weighted by atomic mass is 16.6. The van der Waals surface area contributed by atoms with E-state index in [4.69, 9.17) is 0 Å². The lowest BCUT2D eigenvalue weighted by Crippen LogP contribution is -1.93. The molecule has 2 aromatic carbocycles. The minimum Gasteiger partial charge on any atom is -0.507 e. The second kappa shape index (κ2) is 7.12. The third-order valence-corrected chi connectivity index (χ3v) is 4.05. The van der Waals surface area contributed by atoms with Crippen molar-refractivity contribution in [3.8, 4) is 11.5 Å². The second-order valence-corrected chi connectivity index (χ2v) is 5.77. The predicted molar refractivity (Wildman–Crippen MR) is 93.6 cm³/mol. The van der Waals surface area contributed by atoms with E-state index in [2.05, 4.69) is 18.8 Å². The lowest BCUT2D eigenvalue weighted by atomic mass is 9.98. The maximum absolute atomic E-state index is 10.9. The number of hydrogen-bond donors (Lipinski definition) is 2. The zero-order valence-electron chi connectivity index (χ0n) is 13.9. The highest BCUT2D eigenvalue weighted by molar-refractivity contribution is 5.87. The number of hydrogen-bond acceptors (Lipinski definition) is 5. The van der Waals surface area contributed by atoms with E-state index in [0.717, 1.165) is 12.0 Å². The maximum atomic E-state index is 10.9. The third kappa shape index (κ3) is 3.71. The molecule has 0 aliphatic heterocycles. The SMILES string of the molecule is CC[C@H](C)c1ccc(O)c(N=Cc2cc([N+](=O)[O-])cc(C)c2O)c1. The lowest BCUT2D eigenvalue weighted by molar-refractivity contribution is -0.384. The van der Waals surface area contributed by atoms with Gasteiger partial charge in [0, 0.05) is 23.9 Å². The van der Waals surface area contributed by atoms with E-state index >= 15 is 0 Å². The van der Waals surface area contributed by atoms with Crippen molar-refractivity contribution < 1.29 is 15.1 Å². The Hall–Kier alpha value is -2.89. The van der Waals surface area contributed by atoms with Gasteiger partial charge in [0.1, 0.15) is 17.2 Å². The van der Waals surface area contributed by atoms with Crippen molar-refractivity contribution in [1.82, 2.24) is 0 Å². The van der Waals surface area contributed by atoms with E-state index < -0.39 is 4.92 Å². The molecule has 2 rings (SSSR count). The highest BCUT2D eigenvalue weighted by Crippen LogP contribution is 2.32. The van der Waals surface area contributed by atoms with Gasteiger partial charge >= 0.3 is 0 Å². The van der Waals surface area contributed by atoms with Gasteiger partial charge in [-0.1, -0.05) is 19.9 Å². The lowest BCUT2D eigenvalue weighted by Gasteiger charge is -2.10. The van der Waals surface area contributed by atoms with Crippen molar-refractivity contribution >= 4 is 17.6 Å². The Morgan fingerprint density at radius 1 is 1.29 bits per heavy atom. The number of rotatable bonds is 5. The number of aliphatic imine (C=N–C) groups is 1. The summed E-state index contributed by atoms with van der Waals surface area (Å²) in [6.07, 6.45) is 2.28. The number of nitrogens with zero attached hydrogens (tertiary/aromatic N) is 2. The van der Waals surface area contributed by atoms with Gasteiger partial charge in [-0.05, 0) is 42.5 Å². The van der Waals surface area contributed by atoms with Crippen molar-refractivity contribution in [3.63, 3.8) is 0 Å². The zero-order valence-corrected chi connectivity index (χ0v) is 13.9. The van der Waals surface area contributed by atoms with E-state index in [1.807, 2.05) is 6.07 Å². The van der Waals surface area contributed by atoms with Crippen molar-refractivity contribution in [2.24, 2.45) is 4.99 Å². The van der Waals surface area contributed by atoms with Gasteiger partial charge in [0.15, 0.2) is 0 Å². The summed E-state index contributed by atoms with van der Waals surface area (Å²) in [6, 6.07) is 7.75. The molecule has 6 heteroatoms. The molecule has 0 aliphatic rings. The molecule has 24 heavy (non-hydrogen) atoms. The van der Waals surface area contributed by atoms with Crippen LogP contribution in [0, 0.1) is 17.0 Å². The average molecular weight is 328 g/mol. The molecule has 6 nitrogen and oxygen atoms in total. The fourth-order valence-electron chi connectivity index (χ4n) is 2.32. The van der Waals surface area contributed by atoms with Crippen LogP contribution in [0.3, 0.4) is 0 Å². The van der Waals surface area contributed by atoms with Crippen LogP contribution >= 0.6 is 0 Å². The van der Waals surface area contributed by atoms with Gasteiger partial charge in [0.25, 0.3) is 5.69 Å². The van der Waals surface area contributed by atoms with Crippen LogP contribution in [0.1, 0.15) is 42.9 Å². The molecule has 0 unspecified atom stereocenters. The molecular formula is C18H20N2O4. The maximum Gasteiger partial charge on any atom is 0.270 e. The summed E-state index contributed by atoms with van der Waals surface area (Å²) in [5.74, 6) is 0.273. The highest BCUT2D eigenvalue weighted by Gasteiger charge is 2.13. The molecule has 0 fully saturated rings. The van der Waals surface area contributed by atoms with Crippen molar-refractivity contribution in [3.05, 3.63) is 57.1 Å². The summed E-state index contributed by atoms with van der Waals surface area (Å²) < 4.78 is 0. The van der Waals surface area contributed by atoms with Crippen LogP contribution in [0.25, 0.3) is 0 Å². The zero-order chi connectivity index (χ0) is 17.9. The molecule has 0 bridgehead atoms. The predicted octanol–water partition coefficient (Wildman–Crippen LogP) is 4.58. The Balaban J connectivity index is 2.43. The van der Waals surface area contributed by atoms with E-state index in [-0.39, 0.29) is 22.7 Å². The normalized spacial score (nSPS) is 12.5. The summed E-state index contributed by atoms with van der Waals surface area (Å²) in [5, 5.41) is 30.9. The summed E-state index contributed by atoms with van der Waals surface area (Å²) in [7, 11) is 0. The van der Waals surface area contributed by atoms with Gasteiger partial charge in [-0.25, -0.2) is 0 Å². The topological polar surface area (TPSA) is 96.0 Å². The molecule has 0 heterocycles. The molecule has 0 spiro atoms. The Labute approximate surface area is 140 Å². The molecule has 0 aliphatic carbocycles. The van der Waals surface area contributed by atoms with Gasteiger partial charge < -0.3 is 10.2 Å². The molecule has 0 saturated heterocycles. The van der Waals surface area contributed by atoms with Gasteiger partial charge in [-0.2, -0.15) is 0 Å². The minimum atomic E-state index is -0.523. The molecule has 0 radical (unpaired) electrons. The van der Waals surface area contributed by atoms with Crippen LogP contribution in [0.5, 0.6) is 11.5 Å². The number of nitro groups is 1. The first-order valence-corrected chi connectivity index (χ1v) is 7.68. The van der Waals surface area contributed by atoms with Gasteiger partial charge in [0.05, 0.1) is 4.92 Å². The van der Waals surface area contributed by atoms with E-state index in [1.165, 1.54) is 18.3 Å². The number of non-ortho nitro benzene ring substituents is 1. The van der Waals surface area contributed by atoms with Crippen molar-refractivity contribution in [2.75, 3.05) is 0 Å². The largest absolute Gasteiger partial charge is 0.507 e. The molecule has 0 saturated carbocycles. The summed E-state index contributed by atoms with van der Waals surface area (Å²) in [4.78, 5) is 14.6. The first-order chi connectivity index (χ1) is 11.3. The van der Waals surface area contributed by atoms with Gasteiger partial charge in [-0.3, -0.25) is 15.1 Å². The third-order valence-electron chi connectivity index (χ3n) is 4.05. The molecule has 0 aromatic heterocycles. The summed E-state index contributed by atoms with van der Waals surface area (Å²) in [6.45, 7) is 5.74. The summed E-state index contributed by atoms with van der Waals surface area (Å²) >= 11 is 0.